The minimum Gasteiger partial charge on any atom is -0.378 e. The van der Waals surface area contributed by atoms with Crippen molar-refractivity contribution in [3.63, 3.8) is 0 Å². The highest BCUT2D eigenvalue weighted by Gasteiger charge is 2.15. The van der Waals surface area contributed by atoms with E-state index in [1.165, 1.54) is 19.2 Å². The second-order valence-electron chi connectivity index (χ2n) is 4.59. The van der Waals surface area contributed by atoms with Gasteiger partial charge in [0.25, 0.3) is 0 Å². The van der Waals surface area contributed by atoms with Crippen molar-refractivity contribution in [2.75, 3.05) is 18.5 Å². The van der Waals surface area contributed by atoms with Crippen LogP contribution in [0.4, 0.5) is 5.82 Å². The zero-order valence-electron chi connectivity index (χ0n) is 10.8. The molecule has 1 saturated heterocycles. The molecule has 0 amide bonds. The molecular formula is C13H20ClN3O. The smallest absolute Gasteiger partial charge is 0.137 e. The molecule has 0 bridgehead atoms. The van der Waals surface area contributed by atoms with Crippen molar-refractivity contribution in [2.24, 2.45) is 0 Å². The number of ether oxygens (including phenoxy) is 1. The maximum atomic E-state index is 6.10. The number of anilines is 1. The summed E-state index contributed by atoms with van der Waals surface area (Å²) in [5.74, 6) is 0.870. The van der Waals surface area contributed by atoms with Gasteiger partial charge in [-0.3, -0.25) is 0 Å². The Labute approximate surface area is 113 Å². The van der Waals surface area contributed by atoms with Gasteiger partial charge in [0.2, 0.25) is 0 Å². The first kappa shape index (κ1) is 13.6. The summed E-state index contributed by atoms with van der Waals surface area (Å²) in [6, 6.07) is 0. The number of aromatic nitrogens is 2. The van der Waals surface area contributed by atoms with E-state index in [1.54, 1.807) is 0 Å². The average Bonchev–Trinajstić information content (AvgIpc) is 2.86. The standard InChI is InChI=1S/C13H20ClN3O/c1-2-4-11-12(14)16-9-17-13(11)15-7-6-10-5-3-8-18-10/h9-10H,2-8H2,1H3,(H,15,16,17). The highest BCUT2D eigenvalue weighted by molar-refractivity contribution is 6.30. The molecule has 100 valence electrons. The Morgan fingerprint density at radius 1 is 1.50 bits per heavy atom. The third-order valence-electron chi connectivity index (χ3n) is 3.18. The highest BCUT2D eigenvalue weighted by atomic mass is 35.5. The van der Waals surface area contributed by atoms with Crippen LogP contribution in [0, 0.1) is 0 Å². The van der Waals surface area contributed by atoms with Crippen molar-refractivity contribution >= 4 is 17.4 Å². The normalized spacial score (nSPS) is 19.1. The van der Waals surface area contributed by atoms with Crippen LogP contribution in [0.3, 0.4) is 0 Å². The first-order valence-corrected chi connectivity index (χ1v) is 7.04. The molecule has 0 aliphatic carbocycles. The van der Waals surface area contributed by atoms with Crippen LogP contribution in [0.25, 0.3) is 0 Å². The zero-order chi connectivity index (χ0) is 12.8. The average molecular weight is 270 g/mol. The zero-order valence-corrected chi connectivity index (χ0v) is 11.5. The summed E-state index contributed by atoms with van der Waals surface area (Å²) in [5.41, 5.74) is 1.02. The van der Waals surface area contributed by atoms with Gasteiger partial charge in [-0.2, -0.15) is 0 Å². The molecular weight excluding hydrogens is 250 g/mol. The fourth-order valence-electron chi connectivity index (χ4n) is 2.24. The molecule has 1 aromatic rings. The molecule has 2 rings (SSSR count). The largest absolute Gasteiger partial charge is 0.378 e. The summed E-state index contributed by atoms with van der Waals surface area (Å²) in [4.78, 5) is 8.31. The molecule has 1 unspecified atom stereocenters. The number of rotatable bonds is 6. The number of halogens is 1. The SMILES string of the molecule is CCCc1c(Cl)ncnc1NCCC1CCCO1. The van der Waals surface area contributed by atoms with Crippen LogP contribution in [0.15, 0.2) is 6.33 Å². The van der Waals surface area contributed by atoms with Gasteiger partial charge in [-0.15, -0.1) is 0 Å². The lowest BCUT2D eigenvalue weighted by Crippen LogP contribution is -2.14. The van der Waals surface area contributed by atoms with Gasteiger partial charge in [0.15, 0.2) is 0 Å². The van der Waals surface area contributed by atoms with E-state index in [1.807, 2.05) is 0 Å². The van der Waals surface area contributed by atoms with Gasteiger partial charge < -0.3 is 10.1 Å². The lowest BCUT2D eigenvalue weighted by molar-refractivity contribution is 0.107. The summed E-state index contributed by atoms with van der Waals surface area (Å²) in [7, 11) is 0. The van der Waals surface area contributed by atoms with Gasteiger partial charge in [0.05, 0.1) is 6.10 Å². The summed E-state index contributed by atoms with van der Waals surface area (Å²) >= 11 is 6.10. The molecule has 0 radical (unpaired) electrons. The molecule has 0 saturated carbocycles. The Morgan fingerprint density at radius 2 is 2.39 bits per heavy atom. The van der Waals surface area contributed by atoms with Crippen molar-refractivity contribution in [2.45, 2.75) is 45.1 Å². The molecule has 1 aliphatic heterocycles. The molecule has 1 atom stereocenters. The van der Waals surface area contributed by atoms with Gasteiger partial charge in [-0.05, 0) is 25.7 Å². The molecule has 1 N–H and O–H groups in total. The van der Waals surface area contributed by atoms with Crippen LogP contribution in [-0.2, 0) is 11.2 Å². The summed E-state index contributed by atoms with van der Waals surface area (Å²) in [6.07, 6.45) is 7.24. The molecule has 1 aliphatic rings. The van der Waals surface area contributed by atoms with E-state index >= 15 is 0 Å². The lowest BCUT2D eigenvalue weighted by Gasteiger charge is -2.13. The Balaban J connectivity index is 1.89. The molecule has 0 spiro atoms. The summed E-state index contributed by atoms with van der Waals surface area (Å²) in [6.45, 7) is 3.90. The van der Waals surface area contributed by atoms with Crippen molar-refractivity contribution in [1.82, 2.24) is 9.97 Å². The number of hydrogen-bond acceptors (Lipinski definition) is 4. The van der Waals surface area contributed by atoms with E-state index in [9.17, 15) is 0 Å². The Morgan fingerprint density at radius 3 is 3.11 bits per heavy atom. The molecule has 5 heteroatoms. The van der Waals surface area contributed by atoms with E-state index < -0.39 is 0 Å². The van der Waals surface area contributed by atoms with Gasteiger partial charge in [-0.1, -0.05) is 24.9 Å². The van der Waals surface area contributed by atoms with Gasteiger partial charge in [0.1, 0.15) is 17.3 Å². The van der Waals surface area contributed by atoms with Crippen LogP contribution in [0.2, 0.25) is 5.15 Å². The fraction of sp³-hybridized carbons (Fsp3) is 0.692. The van der Waals surface area contributed by atoms with Gasteiger partial charge in [-0.25, -0.2) is 9.97 Å². The second kappa shape index (κ2) is 6.90. The van der Waals surface area contributed by atoms with E-state index in [2.05, 4.69) is 22.2 Å². The minimum absolute atomic E-state index is 0.407. The molecule has 1 fully saturated rings. The third kappa shape index (κ3) is 3.56. The van der Waals surface area contributed by atoms with Gasteiger partial charge >= 0.3 is 0 Å². The molecule has 2 heterocycles. The van der Waals surface area contributed by atoms with Crippen LogP contribution >= 0.6 is 11.6 Å². The predicted molar refractivity (Wildman–Crippen MR) is 73.1 cm³/mol. The van der Waals surface area contributed by atoms with Gasteiger partial charge in [0, 0.05) is 18.7 Å². The number of nitrogens with one attached hydrogen (secondary N) is 1. The van der Waals surface area contributed by atoms with Crippen LogP contribution in [-0.4, -0.2) is 29.2 Å². The van der Waals surface area contributed by atoms with Crippen molar-refractivity contribution in [3.05, 3.63) is 17.0 Å². The number of hydrogen-bond donors (Lipinski definition) is 1. The summed E-state index contributed by atoms with van der Waals surface area (Å²) < 4.78 is 5.59. The van der Waals surface area contributed by atoms with Crippen molar-refractivity contribution in [3.8, 4) is 0 Å². The van der Waals surface area contributed by atoms with E-state index in [4.69, 9.17) is 16.3 Å². The quantitative estimate of drug-likeness (QED) is 0.807. The van der Waals surface area contributed by atoms with Crippen molar-refractivity contribution in [1.29, 1.82) is 0 Å². The number of nitrogens with zero attached hydrogens (tertiary/aromatic N) is 2. The van der Waals surface area contributed by atoms with E-state index in [-0.39, 0.29) is 0 Å². The second-order valence-corrected chi connectivity index (χ2v) is 4.95. The maximum Gasteiger partial charge on any atom is 0.137 e. The van der Waals surface area contributed by atoms with Crippen LogP contribution in [0.5, 0.6) is 0 Å². The van der Waals surface area contributed by atoms with Crippen molar-refractivity contribution < 1.29 is 4.74 Å². The van der Waals surface area contributed by atoms with Crippen LogP contribution < -0.4 is 5.32 Å². The Hall–Kier alpha value is -0.870. The molecule has 18 heavy (non-hydrogen) atoms. The molecule has 1 aromatic heterocycles. The minimum atomic E-state index is 0.407. The summed E-state index contributed by atoms with van der Waals surface area (Å²) in [5, 5.41) is 3.91. The topological polar surface area (TPSA) is 47.0 Å². The monoisotopic (exact) mass is 269 g/mol. The maximum absolute atomic E-state index is 6.10. The highest BCUT2D eigenvalue weighted by Crippen LogP contribution is 2.22. The fourth-order valence-corrected chi connectivity index (χ4v) is 2.47. The first-order chi connectivity index (χ1) is 8.81. The third-order valence-corrected chi connectivity index (χ3v) is 3.50. The first-order valence-electron chi connectivity index (χ1n) is 6.66. The van der Waals surface area contributed by atoms with E-state index in [0.717, 1.165) is 43.8 Å². The Kier molecular flexibility index (Phi) is 5.20. The Bertz CT molecular complexity index is 380. The molecule has 4 nitrogen and oxygen atoms in total. The van der Waals surface area contributed by atoms with Crippen LogP contribution in [0.1, 0.15) is 38.2 Å². The van der Waals surface area contributed by atoms with E-state index in [0.29, 0.717) is 11.3 Å². The predicted octanol–water partition coefficient (Wildman–Crippen LogP) is 3.06. The lowest BCUT2D eigenvalue weighted by atomic mass is 10.1. The molecule has 0 aromatic carbocycles.